The van der Waals surface area contributed by atoms with Gasteiger partial charge in [-0.25, -0.2) is 0 Å². The predicted octanol–water partition coefficient (Wildman–Crippen LogP) is 2.95. The molecule has 3 nitrogen and oxygen atoms in total. The highest BCUT2D eigenvalue weighted by Crippen LogP contribution is 2.33. The van der Waals surface area contributed by atoms with Crippen molar-refractivity contribution in [1.29, 1.82) is 0 Å². The van der Waals surface area contributed by atoms with Gasteiger partial charge in [0.05, 0.1) is 11.3 Å². The van der Waals surface area contributed by atoms with E-state index in [0.717, 1.165) is 37.3 Å². The topological polar surface area (TPSA) is 38.0 Å². The maximum Gasteiger partial charge on any atom is 0.0703 e. The second kappa shape index (κ2) is 4.81. The molecule has 17 heavy (non-hydrogen) atoms. The van der Waals surface area contributed by atoms with Gasteiger partial charge in [-0.05, 0) is 51.5 Å². The van der Waals surface area contributed by atoms with Crippen molar-refractivity contribution in [2.75, 3.05) is 0 Å². The van der Waals surface area contributed by atoms with Crippen LogP contribution in [-0.4, -0.2) is 20.5 Å². The van der Waals surface area contributed by atoms with Crippen molar-refractivity contribution in [3.05, 3.63) is 18.0 Å². The molecule has 1 fully saturated rings. The highest BCUT2D eigenvalue weighted by molar-refractivity contribution is 5.05. The Morgan fingerprint density at radius 2 is 2.12 bits per heavy atom. The fourth-order valence-corrected chi connectivity index (χ4v) is 2.57. The van der Waals surface area contributed by atoms with E-state index in [2.05, 4.69) is 25.9 Å². The summed E-state index contributed by atoms with van der Waals surface area (Å²) in [5, 5.41) is 15.1. The number of nitrogens with zero attached hydrogens (tertiary/aromatic N) is 2. The van der Waals surface area contributed by atoms with Crippen molar-refractivity contribution in [2.45, 2.75) is 64.5 Å². The Morgan fingerprint density at radius 3 is 2.65 bits per heavy atom. The first-order chi connectivity index (χ1) is 7.98. The molecule has 0 aromatic carbocycles. The van der Waals surface area contributed by atoms with Crippen LogP contribution in [0.1, 0.15) is 58.2 Å². The zero-order valence-corrected chi connectivity index (χ0v) is 11.2. The van der Waals surface area contributed by atoms with Gasteiger partial charge in [0.2, 0.25) is 0 Å². The van der Waals surface area contributed by atoms with Crippen LogP contribution in [0.5, 0.6) is 0 Å². The molecule has 3 heteroatoms. The maximum atomic E-state index is 10.5. The Kier molecular flexibility index (Phi) is 3.57. The van der Waals surface area contributed by atoms with Crippen molar-refractivity contribution in [2.24, 2.45) is 5.92 Å². The van der Waals surface area contributed by atoms with Gasteiger partial charge in [-0.1, -0.05) is 6.92 Å². The van der Waals surface area contributed by atoms with Crippen LogP contribution in [0.25, 0.3) is 0 Å². The molecule has 1 aromatic rings. The van der Waals surface area contributed by atoms with Crippen LogP contribution in [0.3, 0.4) is 0 Å². The van der Waals surface area contributed by atoms with E-state index in [4.69, 9.17) is 0 Å². The number of hydrogen-bond acceptors (Lipinski definition) is 2. The fraction of sp³-hybridized carbons (Fsp3) is 0.786. The molecule has 1 N–H and O–H groups in total. The van der Waals surface area contributed by atoms with Gasteiger partial charge in [0, 0.05) is 18.7 Å². The van der Waals surface area contributed by atoms with E-state index in [1.165, 1.54) is 0 Å². The minimum absolute atomic E-state index is 0.393. The first kappa shape index (κ1) is 12.6. The molecule has 0 aliphatic heterocycles. The highest BCUT2D eigenvalue weighted by Gasteiger charge is 2.32. The van der Waals surface area contributed by atoms with Crippen molar-refractivity contribution >= 4 is 0 Å². The fourth-order valence-electron chi connectivity index (χ4n) is 2.57. The minimum Gasteiger partial charge on any atom is -0.389 e. The van der Waals surface area contributed by atoms with Crippen molar-refractivity contribution in [3.63, 3.8) is 0 Å². The van der Waals surface area contributed by atoms with Crippen molar-refractivity contribution in [1.82, 2.24) is 9.78 Å². The molecule has 96 valence electrons. The van der Waals surface area contributed by atoms with Crippen LogP contribution >= 0.6 is 0 Å². The monoisotopic (exact) mass is 236 g/mol. The summed E-state index contributed by atoms with van der Waals surface area (Å²) >= 11 is 0. The number of hydrogen-bond donors (Lipinski definition) is 1. The molecule has 0 unspecified atom stereocenters. The van der Waals surface area contributed by atoms with Gasteiger partial charge in [0.1, 0.15) is 0 Å². The summed E-state index contributed by atoms with van der Waals surface area (Å²) in [6, 6.07) is 2.43. The van der Waals surface area contributed by atoms with Crippen LogP contribution in [-0.2, 0) is 6.42 Å². The largest absolute Gasteiger partial charge is 0.389 e. The Labute approximate surface area is 104 Å². The third kappa shape index (κ3) is 3.09. The lowest BCUT2D eigenvalue weighted by Gasteiger charge is -2.34. The molecule has 0 bridgehead atoms. The SMILES string of the molecule is CC1CCC(O)(Cc2ccn(C(C)C)n2)CC1. The van der Waals surface area contributed by atoms with Gasteiger partial charge in [-0.3, -0.25) is 4.68 Å². The second-order valence-electron chi connectivity index (χ2n) is 5.96. The Bertz CT molecular complexity index is 362. The second-order valence-corrected chi connectivity index (χ2v) is 5.96. The van der Waals surface area contributed by atoms with E-state index in [1.807, 2.05) is 16.9 Å². The van der Waals surface area contributed by atoms with Gasteiger partial charge in [-0.2, -0.15) is 5.10 Å². The first-order valence-electron chi connectivity index (χ1n) is 6.75. The number of aromatic nitrogens is 2. The predicted molar refractivity (Wildman–Crippen MR) is 68.9 cm³/mol. The van der Waals surface area contributed by atoms with Crippen LogP contribution in [0.4, 0.5) is 0 Å². The molecule has 2 rings (SSSR count). The van der Waals surface area contributed by atoms with E-state index >= 15 is 0 Å². The van der Waals surface area contributed by atoms with Crippen LogP contribution in [0.15, 0.2) is 12.3 Å². The zero-order valence-electron chi connectivity index (χ0n) is 11.2. The van der Waals surface area contributed by atoms with Crippen molar-refractivity contribution < 1.29 is 5.11 Å². The maximum absolute atomic E-state index is 10.5. The van der Waals surface area contributed by atoms with Crippen LogP contribution in [0.2, 0.25) is 0 Å². The van der Waals surface area contributed by atoms with E-state index in [0.29, 0.717) is 12.5 Å². The molecule has 0 spiro atoms. The Balaban J connectivity index is 1.99. The molecular weight excluding hydrogens is 212 g/mol. The standard InChI is InChI=1S/C14H24N2O/c1-11(2)16-9-6-13(15-16)10-14(17)7-4-12(3)5-8-14/h6,9,11-12,17H,4-5,7-8,10H2,1-3H3. The van der Waals surface area contributed by atoms with Crippen LogP contribution < -0.4 is 0 Å². The Morgan fingerprint density at radius 1 is 1.47 bits per heavy atom. The molecule has 0 radical (unpaired) electrons. The minimum atomic E-state index is -0.511. The molecule has 1 aliphatic rings. The third-order valence-corrected chi connectivity index (χ3v) is 3.91. The smallest absolute Gasteiger partial charge is 0.0703 e. The lowest BCUT2D eigenvalue weighted by atomic mass is 9.77. The highest BCUT2D eigenvalue weighted by atomic mass is 16.3. The van der Waals surface area contributed by atoms with E-state index < -0.39 is 5.60 Å². The molecule has 1 aliphatic carbocycles. The van der Waals surface area contributed by atoms with Crippen LogP contribution in [0, 0.1) is 5.92 Å². The van der Waals surface area contributed by atoms with E-state index in [9.17, 15) is 5.11 Å². The van der Waals surface area contributed by atoms with Gasteiger partial charge in [0.25, 0.3) is 0 Å². The summed E-state index contributed by atoms with van der Waals surface area (Å²) in [6.45, 7) is 6.51. The van der Waals surface area contributed by atoms with Gasteiger partial charge >= 0.3 is 0 Å². The molecule has 1 heterocycles. The normalized spacial score (nSPS) is 29.8. The molecule has 1 saturated carbocycles. The van der Waals surface area contributed by atoms with Gasteiger partial charge in [0.15, 0.2) is 0 Å². The summed E-state index contributed by atoms with van der Waals surface area (Å²) in [6.07, 6.45) is 6.84. The molecule has 1 aromatic heterocycles. The molecule has 0 saturated heterocycles. The molecule has 0 atom stereocenters. The number of rotatable bonds is 3. The molecular formula is C14H24N2O. The average Bonchev–Trinajstić information content (AvgIpc) is 2.71. The number of aliphatic hydroxyl groups is 1. The third-order valence-electron chi connectivity index (χ3n) is 3.91. The average molecular weight is 236 g/mol. The summed E-state index contributed by atoms with van der Waals surface area (Å²) < 4.78 is 1.96. The lowest BCUT2D eigenvalue weighted by molar-refractivity contribution is -0.00757. The molecule has 0 amide bonds. The summed E-state index contributed by atoms with van der Waals surface area (Å²) in [5.74, 6) is 0.767. The zero-order chi connectivity index (χ0) is 12.5. The van der Waals surface area contributed by atoms with Gasteiger partial charge < -0.3 is 5.11 Å². The lowest BCUT2D eigenvalue weighted by Crippen LogP contribution is -2.36. The van der Waals surface area contributed by atoms with Gasteiger partial charge in [-0.15, -0.1) is 0 Å². The first-order valence-corrected chi connectivity index (χ1v) is 6.75. The van der Waals surface area contributed by atoms with Crippen molar-refractivity contribution in [3.8, 4) is 0 Å². The quantitative estimate of drug-likeness (QED) is 0.876. The summed E-state index contributed by atoms with van der Waals surface area (Å²) in [4.78, 5) is 0. The van der Waals surface area contributed by atoms with E-state index in [1.54, 1.807) is 0 Å². The summed E-state index contributed by atoms with van der Waals surface area (Å²) in [7, 11) is 0. The summed E-state index contributed by atoms with van der Waals surface area (Å²) in [5.41, 5.74) is 0.513. The van der Waals surface area contributed by atoms with E-state index in [-0.39, 0.29) is 0 Å². The Hall–Kier alpha value is -0.830.